The average molecular weight is 453 g/mol. The molecule has 5 rings (SSSR count). The van der Waals surface area contributed by atoms with Gasteiger partial charge in [0, 0.05) is 62.3 Å². The summed E-state index contributed by atoms with van der Waals surface area (Å²) in [4.78, 5) is 26.9. The van der Waals surface area contributed by atoms with Gasteiger partial charge in [-0.15, -0.1) is 0 Å². The summed E-state index contributed by atoms with van der Waals surface area (Å²) < 4.78 is 1.79. The number of rotatable bonds is 5. The Hall–Kier alpha value is -3.72. The highest BCUT2D eigenvalue weighted by atomic mass is 16.1. The first-order chi connectivity index (χ1) is 16.5. The number of aryl methyl sites for hydroxylation is 1. The van der Waals surface area contributed by atoms with E-state index in [9.17, 15) is 4.79 Å². The van der Waals surface area contributed by atoms with Gasteiger partial charge >= 0.3 is 0 Å². The molecule has 1 fully saturated rings. The summed E-state index contributed by atoms with van der Waals surface area (Å²) in [5.74, 6) is 1.19. The Morgan fingerprint density at radius 1 is 1.09 bits per heavy atom. The number of likely N-dealkylation sites (N-methyl/N-ethyl adjacent to an activating group) is 1. The van der Waals surface area contributed by atoms with Crippen LogP contribution >= 0.6 is 0 Å². The van der Waals surface area contributed by atoms with Crippen molar-refractivity contribution in [1.82, 2.24) is 24.6 Å². The fourth-order valence-electron chi connectivity index (χ4n) is 4.46. The van der Waals surface area contributed by atoms with Gasteiger partial charge in [0.05, 0.1) is 6.20 Å². The molecule has 4 aromatic rings. The number of hydrogen-bond acceptors (Lipinski definition) is 6. The highest BCUT2D eigenvalue weighted by Gasteiger charge is 2.18. The molecule has 0 aliphatic carbocycles. The van der Waals surface area contributed by atoms with Crippen molar-refractivity contribution in [2.24, 2.45) is 7.05 Å². The van der Waals surface area contributed by atoms with Crippen molar-refractivity contribution in [3.63, 3.8) is 0 Å². The van der Waals surface area contributed by atoms with Crippen molar-refractivity contribution < 1.29 is 4.79 Å². The number of benzene rings is 1. The lowest BCUT2D eigenvalue weighted by Crippen LogP contribution is -2.46. The number of hydrogen-bond donors (Lipinski definition) is 1. The minimum Gasteiger partial charge on any atom is -0.354 e. The number of carbonyl (C=O) groups excluding carboxylic acids is 1. The predicted octanol–water partition coefficient (Wildman–Crippen LogP) is 1.68. The summed E-state index contributed by atoms with van der Waals surface area (Å²) in [6.45, 7) is 7.09. The largest absolute Gasteiger partial charge is 0.354 e. The Bertz CT molecular complexity index is 1340. The van der Waals surface area contributed by atoms with Crippen LogP contribution in [0.1, 0.15) is 17.3 Å². The number of nitrogens with zero attached hydrogens (tertiary/aromatic N) is 6. The standard InChI is InChI=1S/C25H28BN7O/c1-3-32-8-10-33(11-9-32)23-14-18(6-7-27-23)25(34)30-22-13-19-12-17(20-15-28-31(2)16-20)4-5-21(19)24(26)29-22/h4-7,12-16H,3,8-11,26H2,1-2H3,(H,29,30,34). The molecule has 8 nitrogen and oxygen atoms in total. The molecule has 9 heteroatoms. The molecule has 0 atom stereocenters. The van der Waals surface area contributed by atoms with Gasteiger partial charge in [-0.25, -0.2) is 9.97 Å². The second kappa shape index (κ2) is 9.27. The number of fused-ring (bicyclic) bond motifs is 1. The maximum Gasteiger partial charge on any atom is 0.257 e. The van der Waals surface area contributed by atoms with Gasteiger partial charge in [0.15, 0.2) is 7.85 Å². The van der Waals surface area contributed by atoms with Gasteiger partial charge in [-0.1, -0.05) is 19.1 Å². The van der Waals surface area contributed by atoms with Crippen molar-refractivity contribution >= 4 is 41.8 Å². The van der Waals surface area contributed by atoms with Crippen LogP contribution in [0, 0.1) is 0 Å². The molecule has 1 amide bonds. The van der Waals surface area contributed by atoms with Gasteiger partial charge in [0.2, 0.25) is 0 Å². The fourth-order valence-corrected chi connectivity index (χ4v) is 4.46. The molecule has 0 unspecified atom stereocenters. The number of carbonyl (C=O) groups is 1. The van der Waals surface area contributed by atoms with Crippen LogP contribution in [0.2, 0.25) is 0 Å². The van der Waals surface area contributed by atoms with Crippen molar-refractivity contribution in [3.8, 4) is 11.1 Å². The molecule has 4 heterocycles. The van der Waals surface area contributed by atoms with E-state index in [0.717, 1.165) is 66.0 Å². The zero-order valence-corrected chi connectivity index (χ0v) is 19.8. The Kier molecular flexibility index (Phi) is 6.02. The zero-order chi connectivity index (χ0) is 23.7. The molecule has 1 aliphatic rings. The second-order valence-corrected chi connectivity index (χ2v) is 8.71. The van der Waals surface area contributed by atoms with E-state index in [0.29, 0.717) is 11.4 Å². The number of piperazine rings is 1. The lowest BCUT2D eigenvalue weighted by Gasteiger charge is -2.34. The first-order valence-electron chi connectivity index (χ1n) is 11.7. The van der Waals surface area contributed by atoms with Crippen LogP contribution in [-0.4, -0.2) is 71.1 Å². The minimum atomic E-state index is -0.189. The average Bonchev–Trinajstić information content (AvgIpc) is 3.30. The SMILES string of the molecule is Bc1nc(NC(=O)c2ccnc(N3CCN(CC)CC3)c2)cc2cc(-c3cnn(C)c3)ccc12. The van der Waals surface area contributed by atoms with Gasteiger partial charge in [0.25, 0.3) is 5.91 Å². The summed E-state index contributed by atoms with van der Waals surface area (Å²) in [7, 11) is 3.87. The summed E-state index contributed by atoms with van der Waals surface area (Å²) in [6, 6.07) is 11.8. The van der Waals surface area contributed by atoms with E-state index in [-0.39, 0.29) is 5.91 Å². The van der Waals surface area contributed by atoms with Crippen molar-refractivity contribution in [2.75, 3.05) is 42.9 Å². The molecule has 3 aromatic heterocycles. The van der Waals surface area contributed by atoms with E-state index >= 15 is 0 Å². The normalized spacial score (nSPS) is 14.5. The number of aromatic nitrogens is 4. The van der Waals surface area contributed by atoms with Crippen LogP contribution < -0.4 is 15.8 Å². The van der Waals surface area contributed by atoms with Gasteiger partial charge in [-0.05, 0) is 47.1 Å². The molecule has 34 heavy (non-hydrogen) atoms. The number of nitrogens with one attached hydrogen (secondary N) is 1. The fraction of sp³-hybridized carbons (Fsp3) is 0.280. The number of amides is 1. The topological polar surface area (TPSA) is 79.2 Å². The van der Waals surface area contributed by atoms with Crippen LogP contribution in [0.15, 0.2) is 55.0 Å². The molecule has 172 valence electrons. The third-order valence-electron chi connectivity index (χ3n) is 6.45. The number of anilines is 2. The van der Waals surface area contributed by atoms with Crippen LogP contribution in [0.4, 0.5) is 11.6 Å². The summed E-state index contributed by atoms with van der Waals surface area (Å²) >= 11 is 0. The predicted molar refractivity (Wildman–Crippen MR) is 139 cm³/mol. The van der Waals surface area contributed by atoms with E-state index in [1.807, 2.05) is 39.4 Å². The molecule has 0 radical (unpaired) electrons. The van der Waals surface area contributed by atoms with Crippen LogP contribution in [0.25, 0.3) is 21.9 Å². The molecule has 0 spiro atoms. The molecular formula is C25H28BN7O. The summed E-state index contributed by atoms with van der Waals surface area (Å²) in [5, 5.41) is 9.33. The molecule has 0 saturated carbocycles. The van der Waals surface area contributed by atoms with Crippen molar-refractivity contribution in [3.05, 3.63) is 60.6 Å². The van der Waals surface area contributed by atoms with Gasteiger partial charge < -0.3 is 15.1 Å². The lowest BCUT2D eigenvalue weighted by molar-refractivity contribution is 0.102. The molecule has 1 N–H and O–H groups in total. The van der Waals surface area contributed by atoms with Gasteiger partial charge in [0.1, 0.15) is 11.6 Å². The van der Waals surface area contributed by atoms with Crippen molar-refractivity contribution in [2.45, 2.75) is 6.92 Å². The third kappa shape index (κ3) is 4.52. The first-order valence-corrected chi connectivity index (χ1v) is 11.7. The monoisotopic (exact) mass is 453 g/mol. The zero-order valence-electron chi connectivity index (χ0n) is 19.8. The van der Waals surface area contributed by atoms with Gasteiger partial charge in [-0.2, -0.15) is 5.10 Å². The highest BCUT2D eigenvalue weighted by molar-refractivity contribution is 6.37. The molecular weight excluding hydrogens is 425 g/mol. The lowest BCUT2D eigenvalue weighted by atomic mass is 9.94. The first kappa shape index (κ1) is 22.1. The Labute approximate surface area is 200 Å². The molecule has 1 aromatic carbocycles. The molecule has 1 aliphatic heterocycles. The maximum atomic E-state index is 13.1. The van der Waals surface area contributed by atoms with Gasteiger partial charge in [-0.3, -0.25) is 9.48 Å². The molecule has 1 saturated heterocycles. The minimum absolute atomic E-state index is 0.189. The highest BCUT2D eigenvalue weighted by Crippen LogP contribution is 2.24. The smallest absolute Gasteiger partial charge is 0.257 e. The third-order valence-corrected chi connectivity index (χ3v) is 6.45. The Balaban J connectivity index is 1.37. The molecule has 0 bridgehead atoms. The summed E-state index contributed by atoms with van der Waals surface area (Å²) in [6.07, 6.45) is 5.54. The van der Waals surface area contributed by atoms with Crippen LogP contribution in [0.5, 0.6) is 0 Å². The van der Waals surface area contributed by atoms with E-state index in [1.54, 1.807) is 16.9 Å². The Morgan fingerprint density at radius 3 is 2.65 bits per heavy atom. The van der Waals surface area contributed by atoms with E-state index in [2.05, 4.69) is 55.3 Å². The van der Waals surface area contributed by atoms with Crippen molar-refractivity contribution in [1.29, 1.82) is 0 Å². The Morgan fingerprint density at radius 2 is 1.91 bits per heavy atom. The van der Waals surface area contributed by atoms with E-state index in [4.69, 9.17) is 0 Å². The summed E-state index contributed by atoms with van der Waals surface area (Å²) in [5.41, 5.74) is 3.57. The van der Waals surface area contributed by atoms with E-state index < -0.39 is 0 Å². The maximum absolute atomic E-state index is 13.1. The van der Waals surface area contributed by atoms with Crippen LogP contribution in [0.3, 0.4) is 0 Å². The van der Waals surface area contributed by atoms with Crippen LogP contribution in [-0.2, 0) is 7.05 Å². The van der Waals surface area contributed by atoms with E-state index in [1.165, 1.54) is 0 Å². The quantitative estimate of drug-likeness (QED) is 0.464. The number of pyridine rings is 2. The second-order valence-electron chi connectivity index (χ2n) is 8.71.